The average Bonchev–Trinajstić information content (AvgIpc) is 3.27. The average molecular weight is 310 g/mol. The lowest BCUT2D eigenvalue weighted by molar-refractivity contribution is 0.102. The highest BCUT2D eigenvalue weighted by atomic mass is 32.2. The van der Waals surface area contributed by atoms with E-state index in [0.717, 1.165) is 17.1 Å². The van der Waals surface area contributed by atoms with E-state index in [1.807, 2.05) is 42.4 Å². The number of thioether (sulfide) groups is 1. The van der Waals surface area contributed by atoms with Crippen LogP contribution in [0.25, 0.3) is 0 Å². The zero-order valence-electron chi connectivity index (χ0n) is 11.7. The van der Waals surface area contributed by atoms with Gasteiger partial charge in [0.05, 0.1) is 11.4 Å². The second-order valence-corrected chi connectivity index (χ2v) is 6.14. The molecule has 0 aliphatic carbocycles. The van der Waals surface area contributed by atoms with Crippen LogP contribution >= 0.6 is 11.8 Å². The predicted molar refractivity (Wildman–Crippen MR) is 86.8 cm³/mol. The summed E-state index contributed by atoms with van der Waals surface area (Å²) >= 11 is 1.83. The van der Waals surface area contributed by atoms with Crippen molar-refractivity contribution in [3.05, 3.63) is 72.1 Å². The normalized spacial score (nSPS) is 16.5. The minimum atomic E-state index is -0.117. The van der Waals surface area contributed by atoms with Gasteiger partial charge in [0, 0.05) is 36.1 Å². The van der Waals surface area contributed by atoms with Crippen LogP contribution in [0.4, 0.5) is 5.69 Å². The summed E-state index contributed by atoms with van der Waals surface area (Å²) in [6.45, 7) is 0. The Kier molecular flexibility index (Phi) is 3.23. The van der Waals surface area contributed by atoms with Crippen molar-refractivity contribution < 1.29 is 4.79 Å². The maximum absolute atomic E-state index is 12.2. The molecule has 22 heavy (non-hydrogen) atoms. The van der Waals surface area contributed by atoms with Crippen molar-refractivity contribution in [3.8, 4) is 0 Å². The van der Waals surface area contributed by atoms with Crippen LogP contribution in [0.3, 0.4) is 0 Å². The third-order valence-corrected chi connectivity index (χ3v) is 4.97. The number of hydrogen-bond acceptors (Lipinski definition) is 3. The highest BCUT2D eigenvalue weighted by Crippen LogP contribution is 2.43. The third kappa shape index (κ3) is 2.21. The van der Waals surface area contributed by atoms with Gasteiger partial charge >= 0.3 is 0 Å². The first-order valence-electron chi connectivity index (χ1n) is 6.99. The van der Waals surface area contributed by atoms with Gasteiger partial charge in [0.2, 0.25) is 0 Å². The Morgan fingerprint density at radius 2 is 2.32 bits per heavy atom. The van der Waals surface area contributed by atoms with Gasteiger partial charge in [-0.2, -0.15) is 0 Å². The molecule has 4 heterocycles. The van der Waals surface area contributed by atoms with Crippen LogP contribution in [0.1, 0.15) is 27.1 Å². The van der Waals surface area contributed by atoms with Gasteiger partial charge in [0.15, 0.2) is 0 Å². The summed E-state index contributed by atoms with van der Waals surface area (Å²) in [5.74, 6) is 0.751. The van der Waals surface area contributed by atoms with Crippen LogP contribution in [-0.2, 0) is 5.75 Å². The van der Waals surface area contributed by atoms with Gasteiger partial charge in [-0.1, -0.05) is 6.07 Å². The van der Waals surface area contributed by atoms with Crippen molar-refractivity contribution in [1.82, 2.24) is 14.5 Å². The molecule has 110 valence electrons. The number of nitrogens with zero attached hydrogens (tertiary/aromatic N) is 2. The van der Waals surface area contributed by atoms with Crippen molar-refractivity contribution >= 4 is 23.4 Å². The molecule has 2 N–H and O–H groups in total. The fraction of sp³-hybridized carbons (Fsp3) is 0.125. The molecule has 1 amide bonds. The van der Waals surface area contributed by atoms with Crippen molar-refractivity contribution in [2.24, 2.45) is 0 Å². The van der Waals surface area contributed by atoms with E-state index in [-0.39, 0.29) is 11.3 Å². The van der Waals surface area contributed by atoms with Crippen LogP contribution in [-0.4, -0.2) is 20.4 Å². The molecule has 1 atom stereocenters. The van der Waals surface area contributed by atoms with Crippen molar-refractivity contribution in [3.63, 3.8) is 0 Å². The van der Waals surface area contributed by atoms with Gasteiger partial charge in [-0.3, -0.25) is 9.78 Å². The van der Waals surface area contributed by atoms with E-state index < -0.39 is 0 Å². The monoisotopic (exact) mass is 310 g/mol. The number of carbonyl (C=O) groups excluding carboxylic acids is 1. The highest BCUT2D eigenvalue weighted by molar-refractivity contribution is 7.99. The van der Waals surface area contributed by atoms with E-state index in [1.165, 1.54) is 5.56 Å². The summed E-state index contributed by atoms with van der Waals surface area (Å²) in [4.78, 5) is 19.3. The van der Waals surface area contributed by atoms with Crippen LogP contribution in [0.5, 0.6) is 0 Å². The van der Waals surface area contributed by atoms with E-state index in [2.05, 4.69) is 25.9 Å². The summed E-state index contributed by atoms with van der Waals surface area (Å²) in [5.41, 5.74) is 3.75. The van der Waals surface area contributed by atoms with Crippen LogP contribution in [0.2, 0.25) is 0 Å². The molecule has 6 heteroatoms. The number of anilines is 1. The van der Waals surface area contributed by atoms with Gasteiger partial charge < -0.3 is 14.9 Å². The minimum Gasteiger partial charge on any atom is -0.357 e. The number of aromatic nitrogens is 3. The second-order valence-electron chi connectivity index (χ2n) is 5.07. The van der Waals surface area contributed by atoms with E-state index in [0.29, 0.717) is 5.69 Å². The molecule has 1 unspecified atom stereocenters. The lowest BCUT2D eigenvalue weighted by Gasteiger charge is -2.12. The van der Waals surface area contributed by atoms with Crippen molar-refractivity contribution in [2.45, 2.75) is 11.1 Å². The molecule has 0 aromatic carbocycles. The number of rotatable bonds is 3. The smallest absolute Gasteiger partial charge is 0.272 e. The summed E-state index contributed by atoms with van der Waals surface area (Å²) in [6, 6.07) is 9.56. The van der Waals surface area contributed by atoms with Gasteiger partial charge in [-0.25, -0.2) is 0 Å². The maximum Gasteiger partial charge on any atom is 0.272 e. The summed E-state index contributed by atoms with van der Waals surface area (Å²) in [7, 11) is 0. The topological polar surface area (TPSA) is 62.7 Å². The first kappa shape index (κ1) is 13.2. The van der Waals surface area contributed by atoms with Gasteiger partial charge in [0.25, 0.3) is 5.91 Å². The summed E-state index contributed by atoms with van der Waals surface area (Å²) in [6.07, 6.45) is 7.44. The molecule has 1 aliphatic heterocycles. The van der Waals surface area contributed by atoms with E-state index in [4.69, 9.17) is 0 Å². The Hall–Kier alpha value is -2.47. The van der Waals surface area contributed by atoms with Gasteiger partial charge in [-0.15, -0.1) is 11.8 Å². The lowest BCUT2D eigenvalue weighted by atomic mass is 10.3. The number of fused-ring (bicyclic) bond motifs is 1. The molecule has 5 nitrogen and oxygen atoms in total. The largest absolute Gasteiger partial charge is 0.357 e. The highest BCUT2D eigenvalue weighted by Gasteiger charge is 2.26. The number of aromatic amines is 1. The maximum atomic E-state index is 12.2. The first-order chi connectivity index (χ1) is 10.8. The first-order valence-corrected chi connectivity index (χ1v) is 8.04. The second kappa shape index (κ2) is 5.38. The van der Waals surface area contributed by atoms with E-state index in [9.17, 15) is 4.79 Å². The molecule has 3 aromatic rings. The molecule has 0 bridgehead atoms. The molecule has 0 fully saturated rings. The summed E-state index contributed by atoms with van der Waals surface area (Å²) < 4.78 is 2.20. The lowest BCUT2D eigenvalue weighted by Crippen LogP contribution is -2.13. The van der Waals surface area contributed by atoms with Crippen LogP contribution < -0.4 is 5.32 Å². The number of carbonyl (C=O) groups is 1. The molecular formula is C16H14N4OS. The Morgan fingerprint density at radius 1 is 1.36 bits per heavy atom. The zero-order valence-corrected chi connectivity index (χ0v) is 12.5. The molecule has 4 rings (SSSR count). The molecular weight excluding hydrogens is 296 g/mol. The number of nitrogens with one attached hydrogen (secondary N) is 2. The van der Waals surface area contributed by atoms with Crippen molar-refractivity contribution in [1.29, 1.82) is 0 Å². The van der Waals surface area contributed by atoms with Gasteiger partial charge in [-0.05, 0) is 24.3 Å². The van der Waals surface area contributed by atoms with Crippen LogP contribution in [0.15, 0.2) is 55.1 Å². The van der Waals surface area contributed by atoms with Gasteiger partial charge in [0.1, 0.15) is 11.1 Å². The quantitative estimate of drug-likeness (QED) is 0.780. The Labute approximate surface area is 131 Å². The molecule has 0 saturated carbocycles. The Balaban J connectivity index is 1.60. The molecule has 1 aliphatic rings. The minimum absolute atomic E-state index is 0.117. The van der Waals surface area contributed by atoms with E-state index >= 15 is 0 Å². The fourth-order valence-electron chi connectivity index (χ4n) is 2.64. The third-order valence-electron chi connectivity index (χ3n) is 3.72. The van der Waals surface area contributed by atoms with E-state index in [1.54, 1.807) is 18.5 Å². The standard InChI is InChI=1S/C16H14N4OS/c21-15(13-4-2-7-18-13)19-12-5-8-20-14(12)10-22-16(20)11-3-1-6-17-9-11/h1-9,16,18H,10H2,(H,19,21). The number of hydrogen-bond donors (Lipinski definition) is 2. The molecule has 3 aromatic heterocycles. The zero-order chi connectivity index (χ0) is 14.9. The number of pyridine rings is 1. The Bertz CT molecular complexity index is 795. The number of amides is 1. The Morgan fingerprint density at radius 3 is 3.09 bits per heavy atom. The number of H-pyrrole nitrogens is 1. The van der Waals surface area contributed by atoms with Crippen LogP contribution in [0, 0.1) is 0 Å². The molecule has 0 saturated heterocycles. The fourth-order valence-corrected chi connectivity index (χ4v) is 3.95. The van der Waals surface area contributed by atoms with Crippen molar-refractivity contribution in [2.75, 3.05) is 5.32 Å². The summed E-state index contributed by atoms with van der Waals surface area (Å²) in [5, 5.41) is 3.20. The SMILES string of the molecule is O=C(Nc1ccn2c1CSC2c1cccnc1)c1ccc[nH]1. The molecule has 0 spiro atoms. The predicted octanol–water partition coefficient (Wildman–Crippen LogP) is 3.26. The molecule has 0 radical (unpaired) electrons.